The molecule has 1 N–H and O–H groups in total. The molecule has 5 rings (SSSR count). The van der Waals surface area contributed by atoms with Crippen molar-refractivity contribution in [2.45, 2.75) is 37.9 Å². The van der Waals surface area contributed by atoms with Gasteiger partial charge in [0.2, 0.25) is 12.5 Å². The number of para-hydroxylation sites is 1. The summed E-state index contributed by atoms with van der Waals surface area (Å²) in [5.41, 5.74) is 2.53. The van der Waals surface area contributed by atoms with Crippen molar-refractivity contribution >= 4 is 11.6 Å². The smallest absolute Gasteiger partial charge is 0.258 e. The van der Waals surface area contributed by atoms with Crippen molar-refractivity contribution in [3.63, 3.8) is 0 Å². The number of anilines is 1. The maximum atomic E-state index is 13.4. The summed E-state index contributed by atoms with van der Waals surface area (Å²) in [4.78, 5) is 15.4. The number of methoxy groups -OCH3 is 1. The summed E-state index contributed by atoms with van der Waals surface area (Å²) >= 11 is 0. The molecule has 2 aromatic carbocycles. The van der Waals surface area contributed by atoms with Crippen LogP contribution < -0.4 is 19.5 Å². The van der Waals surface area contributed by atoms with Gasteiger partial charge in [-0.05, 0) is 37.1 Å². The van der Waals surface area contributed by atoms with Gasteiger partial charge in [0.25, 0.3) is 5.91 Å². The van der Waals surface area contributed by atoms with Gasteiger partial charge in [0.1, 0.15) is 6.17 Å². The zero-order valence-electron chi connectivity index (χ0n) is 15.2. The molecule has 0 radical (unpaired) electrons. The normalized spacial score (nSPS) is 21.1. The van der Waals surface area contributed by atoms with Crippen molar-refractivity contribution in [1.29, 1.82) is 0 Å². The number of ether oxygens (including phenoxy) is 3. The molecule has 6 heteroatoms. The lowest BCUT2D eigenvalue weighted by molar-refractivity contribution is 0.0584. The van der Waals surface area contributed by atoms with Gasteiger partial charge < -0.3 is 24.4 Å². The Morgan fingerprint density at radius 3 is 2.78 bits per heavy atom. The number of hydrogen-bond acceptors (Lipinski definition) is 5. The van der Waals surface area contributed by atoms with E-state index in [1.165, 1.54) is 0 Å². The van der Waals surface area contributed by atoms with E-state index in [1.54, 1.807) is 7.11 Å². The highest BCUT2D eigenvalue weighted by Crippen LogP contribution is 2.46. The fourth-order valence-electron chi connectivity index (χ4n) is 4.38. The minimum absolute atomic E-state index is 0.0814. The first-order chi connectivity index (χ1) is 13.3. The zero-order chi connectivity index (χ0) is 18.4. The third-order valence-electron chi connectivity index (χ3n) is 5.68. The second-order valence-electron chi connectivity index (χ2n) is 7.20. The number of fused-ring (bicyclic) bond motifs is 2. The van der Waals surface area contributed by atoms with Crippen LogP contribution in [0.5, 0.6) is 17.2 Å². The van der Waals surface area contributed by atoms with E-state index in [0.717, 1.165) is 42.5 Å². The molecular weight excluding hydrogens is 344 g/mol. The van der Waals surface area contributed by atoms with Gasteiger partial charge in [0.05, 0.1) is 12.7 Å². The van der Waals surface area contributed by atoms with Gasteiger partial charge >= 0.3 is 0 Å². The largest absolute Gasteiger partial charge is 0.493 e. The second kappa shape index (κ2) is 6.37. The molecule has 140 valence electrons. The van der Waals surface area contributed by atoms with E-state index in [9.17, 15) is 4.79 Å². The average Bonchev–Trinajstić information content (AvgIpc) is 3.39. The summed E-state index contributed by atoms with van der Waals surface area (Å²) in [6.07, 6.45) is 4.13. The minimum atomic E-state index is -0.265. The Bertz CT molecular complexity index is 892. The number of nitrogens with one attached hydrogen (secondary N) is 1. The lowest BCUT2D eigenvalue weighted by Crippen LogP contribution is -2.47. The van der Waals surface area contributed by atoms with Crippen LogP contribution in [0.3, 0.4) is 0 Å². The molecular formula is C21H22N2O4. The second-order valence-corrected chi connectivity index (χ2v) is 7.20. The molecule has 1 aliphatic carbocycles. The monoisotopic (exact) mass is 366 g/mol. The summed E-state index contributed by atoms with van der Waals surface area (Å²) < 4.78 is 16.6. The van der Waals surface area contributed by atoms with Crippen molar-refractivity contribution in [2.24, 2.45) is 0 Å². The molecule has 2 aromatic rings. The zero-order valence-corrected chi connectivity index (χ0v) is 15.2. The molecule has 1 atom stereocenters. The molecule has 2 heterocycles. The molecule has 1 saturated carbocycles. The number of nitrogens with zero attached hydrogens (tertiary/aromatic N) is 1. The van der Waals surface area contributed by atoms with E-state index >= 15 is 0 Å². The summed E-state index contributed by atoms with van der Waals surface area (Å²) in [6.45, 7) is 0.182. The van der Waals surface area contributed by atoms with Crippen LogP contribution in [0.15, 0.2) is 36.4 Å². The van der Waals surface area contributed by atoms with Crippen molar-refractivity contribution in [2.75, 3.05) is 19.2 Å². The number of carbonyl (C=O) groups excluding carboxylic acids is 1. The minimum Gasteiger partial charge on any atom is -0.493 e. The molecule has 0 aromatic heterocycles. The van der Waals surface area contributed by atoms with Gasteiger partial charge in [-0.15, -0.1) is 0 Å². The van der Waals surface area contributed by atoms with E-state index in [-0.39, 0.29) is 24.9 Å². The maximum absolute atomic E-state index is 13.4. The van der Waals surface area contributed by atoms with Crippen LogP contribution in [0.4, 0.5) is 5.69 Å². The predicted octanol–water partition coefficient (Wildman–Crippen LogP) is 3.93. The molecule has 1 amide bonds. The fourth-order valence-corrected chi connectivity index (χ4v) is 4.38. The van der Waals surface area contributed by atoms with Gasteiger partial charge in [-0.1, -0.05) is 25.0 Å². The quantitative estimate of drug-likeness (QED) is 0.892. The molecule has 6 nitrogen and oxygen atoms in total. The number of amides is 1. The summed E-state index contributed by atoms with van der Waals surface area (Å²) in [7, 11) is 1.62. The molecule has 0 spiro atoms. The van der Waals surface area contributed by atoms with Crippen LogP contribution in [0.25, 0.3) is 0 Å². The topological polar surface area (TPSA) is 60.0 Å². The summed E-state index contributed by atoms with van der Waals surface area (Å²) in [5.74, 6) is 1.98. The molecule has 3 aliphatic rings. The first-order valence-electron chi connectivity index (χ1n) is 9.42. The Morgan fingerprint density at radius 2 is 1.96 bits per heavy atom. The summed E-state index contributed by atoms with van der Waals surface area (Å²) in [5, 5.41) is 3.57. The van der Waals surface area contributed by atoms with Crippen molar-refractivity contribution in [3.8, 4) is 17.2 Å². The number of carbonyl (C=O) groups is 1. The van der Waals surface area contributed by atoms with E-state index in [1.807, 2.05) is 41.3 Å². The predicted molar refractivity (Wildman–Crippen MR) is 100 cm³/mol. The first kappa shape index (κ1) is 16.3. The van der Waals surface area contributed by atoms with Crippen LogP contribution in [-0.4, -0.2) is 30.8 Å². The van der Waals surface area contributed by atoms with Crippen LogP contribution in [0.1, 0.15) is 47.8 Å². The molecule has 0 saturated heterocycles. The van der Waals surface area contributed by atoms with Crippen LogP contribution >= 0.6 is 0 Å². The number of rotatable bonds is 3. The molecule has 27 heavy (non-hydrogen) atoms. The van der Waals surface area contributed by atoms with Crippen molar-refractivity contribution < 1.29 is 19.0 Å². The highest BCUT2D eigenvalue weighted by molar-refractivity contribution is 6.02. The van der Waals surface area contributed by atoms with Crippen LogP contribution in [-0.2, 0) is 0 Å². The Morgan fingerprint density at radius 1 is 1.15 bits per heavy atom. The lowest BCUT2D eigenvalue weighted by Gasteiger charge is -2.41. The Kier molecular flexibility index (Phi) is 3.85. The van der Waals surface area contributed by atoms with Gasteiger partial charge in [-0.25, -0.2) is 0 Å². The molecule has 1 unspecified atom stereocenters. The van der Waals surface area contributed by atoms with E-state index in [4.69, 9.17) is 14.2 Å². The van der Waals surface area contributed by atoms with Crippen molar-refractivity contribution in [3.05, 3.63) is 47.5 Å². The number of benzene rings is 2. The molecule has 1 fully saturated rings. The van der Waals surface area contributed by atoms with E-state index in [0.29, 0.717) is 17.2 Å². The first-order valence-corrected chi connectivity index (χ1v) is 9.42. The van der Waals surface area contributed by atoms with Crippen LogP contribution in [0, 0.1) is 0 Å². The molecule has 0 bridgehead atoms. The highest BCUT2D eigenvalue weighted by Gasteiger charge is 2.39. The Labute approximate surface area is 158 Å². The van der Waals surface area contributed by atoms with Gasteiger partial charge in [0.15, 0.2) is 11.5 Å². The Hall–Kier alpha value is -2.89. The Balaban J connectivity index is 1.62. The molecule has 2 aliphatic heterocycles. The summed E-state index contributed by atoms with van der Waals surface area (Å²) in [6, 6.07) is 11.8. The maximum Gasteiger partial charge on any atom is 0.258 e. The third-order valence-corrected chi connectivity index (χ3v) is 5.68. The highest BCUT2D eigenvalue weighted by atomic mass is 16.7. The van der Waals surface area contributed by atoms with E-state index in [2.05, 4.69) is 5.32 Å². The van der Waals surface area contributed by atoms with E-state index < -0.39 is 0 Å². The fraction of sp³-hybridized carbons (Fsp3) is 0.381. The third kappa shape index (κ3) is 2.59. The van der Waals surface area contributed by atoms with Gasteiger partial charge in [-0.3, -0.25) is 4.79 Å². The number of hydrogen-bond donors (Lipinski definition) is 1. The van der Waals surface area contributed by atoms with Crippen molar-refractivity contribution in [1.82, 2.24) is 4.90 Å². The lowest BCUT2D eigenvalue weighted by atomic mass is 10.00. The van der Waals surface area contributed by atoms with Crippen LogP contribution in [0.2, 0.25) is 0 Å². The van der Waals surface area contributed by atoms with Gasteiger partial charge in [-0.2, -0.15) is 0 Å². The standard InChI is InChI=1S/C21H22N2O4/c1-25-17-10-13(11-18-19(17)27-12-26-18)20-22-16-9-5-4-8-15(16)21(24)23(20)14-6-2-3-7-14/h4-5,8-11,14,20,22H,2-3,6-7,12H2,1H3. The SMILES string of the molecule is COc1cc(C2Nc3ccccc3C(=O)N2C2CCCC2)cc2c1OCO2. The average molecular weight is 366 g/mol. The van der Waals surface area contributed by atoms with Gasteiger partial charge in [0, 0.05) is 17.3 Å².